The quantitative estimate of drug-likeness (QED) is 0.00836. The molecule has 47 heteroatoms. The number of methoxy groups -OCH3 is 4. The molecule has 3 aromatic rings. The molecular formula is C82H118N18O29. The number of nitrogens with one attached hydrogen (secondary N) is 15. The van der Waals surface area contributed by atoms with Crippen molar-refractivity contribution < 1.29 is 139 Å². The molecule has 4 rings (SSSR count). The lowest BCUT2D eigenvalue weighted by Gasteiger charge is -2.31. The summed E-state index contributed by atoms with van der Waals surface area (Å²) in [6.07, 6.45) is -2.38. The Hall–Kier alpha value is -13.8. The van der Waals surface area contributed by atoms with E-state index in [1.807, 2.05) is 0 Å². The van der Waals surface area contributed by atoms with E-state index >= 15 is 19.2 Å². The summed E-state index contributed by atoms with van der Waals surface area (Å²) in [4.78, 5) is 311. The fourth-order valence-electron chi connectivity index (χ4n) is 13.1. The second-order valence-electron chi connectivity index (χ2n) is 30.5. The van der Waals surface area contributed by atoms with Gasteiger partial charge in [-0.05, 0) is 75.3 Å². The Labute approximate surface area is 741 Å². The topological polar surface area (TPSA) is 724 Å². The van der Waals surface area contributed by atoms with Gasteiger partial charge < -0.3 is 131 Å². The van der Waals surface area contributed by atoms with Crippen molar-refractivity contribution in [2.45, 2.75) is 229 Å². The molecule has 710 valence electrons. The summed E-state index contributed by atoms with van der Waals surface area (Å²) >= 11 is 0. The molecule has 15 atom stereocenters. The van der Waals surface area contributed by atoms with Crippen LogP contribution in [0, 0.1) is 11.8 Å². The van der Waals surface area contributed by atoms with E-state index in [1.54, 1.807) is 30.5 Å². The number of amides is 15. The first kappa shape index (κ1) is 108. The summed E-state index contributed by atoms with van der Waals surface area (Å²) in [5, 5.41) is 52.9. The monoisotopic (exact) mass is 1820 g/mol. The van der Waals surface area contributed by atoms with Gasteiger partial charge in [-0.25, -0.2) is 4.79 Å². The first-order valence-electron chi connectivity index (χ1n) is 41.5. The Bertz CT molecular complexity index is 4500. The van der Waals surface area contributed by atoms with Gasteiger partial charge in [0.1, 0.15) is 78.6 Å². The largest absolute Gasteiger partial charge is 0.481 e. The standard InChI is InChI=1S/C82H118N18O29/c1-10-11-12-13-14-15-16-27-60(104)91-51(31-45-37-86-49-25-20-18-22-46(45)49)75(117)94-52(33-59(85)103)76(118)96-55(36-67(112)128-9)77(119)100-70-44(5)129-82(124)56(32-58(102)47-23-17-19-24-48(47)84)97-80(122)68(41(2)29-63(107)108)99-81(123)69(42(3)30-64(109)125-6)98-78(120)57(40-101)92-62(106)38-87-72(114)53(34-65(110)126-7)93-71(113)43(4)89-74(116)54(35-66(111)127-8)95-73(115)50(26-21-28-83)90-61(105)39-88-79(70)121/h17-20,22-25,37,41-44,50-57,68-70,86,101H,10-16,21,26-36,38-40,83-84H2,1-9H3,(H2,85,103)(H,87,114)(H,88,121)(H,89,116)(H,90,105)(H,91,104)(H,92,106)(H,93,113)(H,94,117)(H,95,115)(H,96,118)(H,97,122)(H,98,120)(H,99,123)(H,100,119)(H,107,108)/t41-,42-,43-,44-,50+,51+,52-,53+,54?,55+,56?,57-,68+,69?,70?/m1/s1. The molecule has 2 aromatic carbocycles. The Morgan fingerprint density at radius 2 is 1.02 bits per heavy atom. The maximum atomic E-state index is 15.2. The number of Topliss-reactive ketones (excluding diaryl/α,β-unsaturated/α-hetero) is 1. The Morgan fingerprint density at radius 1 is 0.519 bits per heavy atom. The summed E-state index contributed by atoms with van der Waals surface area (Å²) in [7, 11) is 3.63. The van der Waals surface area contributed by atoms with Crippen LogP contribution in [0.5, 0.6) is 0 Å². The van der Waals surface area contributed by atoms with E-state index in [4.69, 9.17) is 36.1 Å². The Kier molecular flexibility index (Phi) is 45.8. The SMILES string of the molecule is CCCCCCCCCC(=O)N[C@@H](Cc1c[nH]c2ccccc12)C(=O)N[C@H](CC(N)=O)C(=O)N[C@@H](CC(=O)OC)C(=O)NC1C(=O)NCC(=O)N[C@@H](CCCN)C(=O)NC(CC(=O)OC)C(=O)N[C@H](C)C(=O)N[C@@H](CC(=O)OC)C(=O)NCC(=O)N[C@H](CO)C(=O)NC([C@H](C)CC(=O)OC)C(=O)N[C@@H]([C@H](C)CC(=O)O)C(=O)NC(CC(=O)c2ccccc2N)C(=O)O[C@@H]1C. The minimum atomic E-state index is -2.45. The first-order valence-corrected chi connectivity index (χ1v) is 41.5. The zero-order chi connectivity index (χ0) is 96.3. The van der Waals surface area contributed by atoms with Gasteiger partial charge in [0.05, 0.1) is 86.7 Å². The number of aliphatic hydroxyl groups excluding tert-OH is 1. The fourth-order valence-corrected chi connectivity index (χ4v) is 13.1. The van der Waals surface area contributed by atoms with Crippen molar-refractivity contribution in [2.24, 2.45) is 23.3 Å². The molecule has 0 spiro atoms. The number of primary amides is 1. The number of carbonyl (C=O) groups excluding carboxylic acids is 21. The molecule has 23 N–H and O–H groups in total. The summed E-state index contributed by atoms with van der Waals surface area (Å²) in [6, 6.07) is -12.2. The van der Waals surface area contributed by atoms with Gasteiger partial charge in [0.15, 0.2) is 5.78 Å². The molecule has 1 aromatic heterocycles. The number of rotatable bonds is 38. The smallest absolute Gasteiger partial charge is 0.329 e. The van der Waals surface area contributed by atoms with Crippen molar-refractivity contribution in [3.63, 3.8) is 0 Å². The van der Waals surface area contributed by atoms with Crippen LogP contribution >= 0.6 is 0 Å². The zero-order valence-electron chi connectivity index (χ0n) is 73.1. The number of H-pyrrole nitrogens is 1. The number of anilines is 1. The van der Waals surface area contributed by atoms with Crippen LogP contribution in [0.15, 0.2) is 54.7 Å². The highest BCUT2D eigenvalue weighted by atomic mass is 16.6. The lowest BCUT2D eigenvalue weighted by molar-refractivity contribution is -0.156. The number of ether oxygens (including phenoxy) is 5. The molecule has 0 radical (unpaired) electrons. The van der Waals surface area contributed by atoms with Crippen molar-refractivity contribution in [2.75, 3.05) is 60.4 Å². The van der Waals surface area contributed by atoms with E-state index in [1.165, 1.54) is 31.2 Å². The molecule has 47 nitrogen and oxygen atoms in total. The van der Waals surface area contributed by atoms with E-state index in [9.17, 15) is 96.5 Å². The average molecular weight is 1820 g/mol. The van der Waals surface area contributed by atoms with Crippen LogP contribution < -0.4 is 91.6 Å². The number of benzene rings is 2. The van der Waals surface area contributed by atoms with E-state index in [0.717, 1.165) is 81.3 Å². The van der Waals surface area contributed by atoms with Crippen LogP contribution in [0.3, 0.4) is 0 Å². The number of ketones is 1. The first-order chi connectivity index (χ1) is 61.1. The summed E-state index contributed by atoms with van der Waals surface area (Å²) in [6.45, 7) is 2.51. The predicted octanol–water partition coefficient (Wildman–Crippen LogP) is -5.67. The van der Waals surface area contributed by atoms with Gasteiger partial charge in [-0.15, -0.1) is 0 Å². The minimum absolute atomic E-state index is 0.0184. The molecule has 1 saturated heterocycles. The Morgan fingerprint density at radius 3 is 1.61 bits per heavy atom. The van der Waals surface area contributed by atoms with Crippen molar-refractivity contribution in [3.8, 4) is 0 Å². The normalized spacial score (nSPS) is 21.1. The molecule has 15 amide bonds. The van der Waals surface area contributed by atoms with E-state index in [-0.39, 0.29) is 43.5 Å². The number of nitrogens with two attached hydrogens (primary N) is 3. The molecule has 129 heavy (non-hydrogen) atoms. The molecule has 1 aliphatic rings. The number of hydrogen-bond acceptors (Lipinski definition) is 30. The molecule has 1 aliphatic heterocycles. The van der Waals surface area contributed by atoms with Gasteiger partial charge in [-0.2, -0.15) is 0 Å². The molecule has 0 bridgehead atoms. The molecule has 2 heterocycles. The number of fused-ring (bicyclic) bond motifs is 1. The number of aromatic nitrogens is 1. The van der Waals surface area contributed by atoms with Crippen LogP contribution in [-0.4, -0.2) is 279 Å². The highest BCUT2D eigenvalue weighted by Gasteiger charge is 2.43. The number of cyclic esters (lactones) is 1. The van der Waals surface area contributed by atoms with Crippen molar-refractivity contribution in [1.29, 1.82) is 0 Å². The number of carboxylic acids is 1. The minimum Gasteiger partial charge on any atom is -0.481 e. The van der Waals surface area contributed by atoms with Crippen LogP contribution in [0.2, 0.25) is 0 Å². The summed E-state index contributed by atoms with van der Waals surface area (Å²) in [5.74, 6) is -31.3. The molecule has 4 unspecified atom stereocenters. The van der Waals surface area contributed by atoms with E-state index in [2.05, 4.69) is 91.1 Å². The molecular weight excluding hydrogens is 1700 g/mol. The third-order valence-corrected chi connectivity index (χ3v) is 20.4. The second kappa shape index (κ2) is 55.0. The van der Waals surface area contributed by atoms with Gasteiger partial charge in [0, 0.05) is 47.6 Å². The third kappa shape index (κ3) is 36.6. The van der Waals surface area contributed by atoms with E-state index < -0.39 is 285 Å². The molecule has 1 fully saturated rings. The van der Waals surface area contributed by atoms with Gasteiger partial charge in [-0.1, -0.05) is 89.6 Å². The summed E-state index contributed by atoms with van der Waals surface area (Å²) in [5.41, 5.74) is 18.3. The van der Waals surface area contributed by atoms with Crippen LogP contribution in [0.25, 0.3) is 10.9 Å². The maximum absolute atomic E-state index is 15.2. The van der Waals surface area contributed by atoms with Crippen LogP contribution in [-0.2, 0) is 131 Å². The highest BCUT2D eigenvalue weighted by molar-refractivity contribution is 6.05. The Balaban J connectivity index is 1.98. The van der Waals surface area contributed by atoms with Crippen molar-refractivity contribution >= 4 is 147 Å². The zero-order valence-corrected chi connectivity index (χ0v) is 73.1. The third-order valence-electron chi connectivity index (χ3n) is 20.4. The number of nitrogen functional groups attached to an aromatic ring is 1. The number of para-hydroxylation sites is 2. The predicted molar refractivity (Wildman–Crippen MR) is 451 cm³/mol. The number of hydrogen-bond donors (Lipinski definition) is 20. The fraction of sp³-hybridized carbons (Fsp3) is 0.561. The number of carboxylic acid groups (broad SMARTS) is 1. The number of aromatic amines is 1. The highest BCUT2D eigenvalue weighted by Crippen LogP contribution is 2.23. The number of aliphatic carboxylic acids is 1. The number of aliphatic hydroxyl groups is 1. The van der Waals surface area contributed by atoms with E-state index in [0.29, 0.717) is 29.3 Å². The van der Waals surface area contributed by atoms with Crippen LogP contribution in [0.1, 0.15) is 160 Å². The van der Waals surface area contributed by atoms with Crippen LogP contribution in [0.4, 0.5) is 5.69 Å². The lowest BCUT2D eigenvalue weighted by Crippen LogP contribution is -2.62. The van der Waals surface area contributed by atoms with Crippen molar-refractivity contribution in [1.82, 2.24) is 79.4 Å². The molecule has 0 aliphatic carbocycles. The average Bonchev–Trinajstić information content (AvgIpc) is 1.70. The van der Waals surface area contributed by atoms with Gasteiger partial charge in [0.2, 0.25) is 88.6 Å². The molecule has 0 saturated carbocycles. The second-order valence-corrected chi connectivity index (χ2v) is 30.5. The maximum Gasteiger partial charge on any atom is 0.329 e. The number of esters is 5. The van der Waals surface area contributed by atoms with Crippen molar-refractivity contribution in [3.05, 3.63) is 65.9 Å². The number of carbonyl (C=O) groups is 22. The number of unbranched alkanes of at least 4 members (excludes halogenated alkanes) is 6. The van der Waals surface area contributed by atoms with Gasteiger partial charge >= 0.3 is 35.8 Å². The summed E-state index contributed by atoms with van der Waals surface area (Å²) < 4.78 is 24.8. The van der Waals surface area contributed by atoms with Gasteiger partial charge in [0.25, 0.3) is 0 Å². The van der Waals surface area contributed by atoms with Gasteiger partial charge in [-0.3, -0.25) is 101 Å². The lowest BCUT2D eigenvalue weighted by atomic mass is 9.93.